The molecule has 1 aliphatic carbocycles. The van der Waals surface area contributed by atoms with Gasteiger partial charge in [0.1, 0.15) is 30.2 Å². The monoisotopic (exact) mass is 988 g/mol. The maximum atomic E-state index is 6.53. The smallest absolute Gasteiger partial charge is 0.256 e. The summed E-state index contributed by atoms with van der Waals surface area (Å²) in [6.07, 6.45) is 14.0. The van der Waals surface area contributed by atoms with Gasteiger partial charge in [-0.15, -0.1) is 5.10 Å². The summed E-state index contributed by atoms with van der Waals surface area (Å²) in [6.45, 7) is 16.9. The van der Waals surface area contributed by atoms with Gasteiger partial charge in [-0.05, 0) is 64.2 Å². The van der Waals surface area contributed by atoms with Crippen LogP contribution in [-0.4, -0.2) is 190 Å². The van der Waals surface area contributed by atoms with Gasteiger partial charge in [-0.3, -0.25) is 9.58 Å². The van der Waals surface area contributed by atoms with E-state index in [0.29, 0.717) is 153 Å². The van der Waals surface area contributed by atoms with Crippen LogP contribution in [0.1, 0.15) is 58.9 Å². The van der Waals surface area contributed by atoms with Crippen molar-refractivity contribution in [3.05, 3.63) is 54.5 Å². The molecular weight excluding hydrogens is 914 g/mol. The predicted molar refractivity (Wildman–Crippen MR) is 259 cm³/mol. The minimum absolute atomic E-state index is 0.188. The van der Waals surface area contributed by atoms with E-state index in [0.717, 1.165) is 49.9 Å². The summed E-state index contributed by atoms with van der Waals surface area (Å²) in [4.78, 5) is 16.0. The Balaban J connectivity index is 0.888. The summed E-state index contributed by atoms with van der Waals surface area (Å²) in [5.74, 6) is 1.49. The number of methoxy groups -OCH3 is 1. The van der Waals surface area contributed by atoms with Gasteiger partial charge < -0.3 is 57.4 Å². The first kappa shape index (κ1) is 54.3. The average Bonchev–Trinajstić information content (AvgIpc) is 4.02. The Bertz CT molecular complexity index is 1950. The molecule has 3 atom stereocenters. The zero-order chi connectivity index (χ0) is 48.3. The summed E-state index contributed by atoms with van der Waals surface area (Å²) in [5, 5.41) is 13.0. The molecule has 1 N–H and O–H groups in total. The van der Waals surface area contributed by atoms with Gasteiger partial charge in [0.25, 0.3) is 5.88 Å². The Morgan fingerprint density at radius 2 is 1.29 bits per heavy atom. The van der Waals surface area contributed by atoms with Crippen LogP contribution in [0.2, 0.25) is 5.02 Å². The van der Waals surface area contributed by atoms with Crippen molar-refractivity contribution < 1.29 is 52.1 Å². The summed E-state index contributed by atoms with van der Waals surface area (Å²) in [5.41, 5.74) is 2.39. The maximum absolute atomic E-state index is 6.53. The number of rotatable bonds is 35. The molecule has 0 unspecified atom stereocenters. The zero-order valence-corrected chi connectivity index (χ0v) is 41.7. The van der Waals surface area contributed by atoms with Crippen molar-refractivity contribution in [3.63, 3.8) is 0 Å². The van der Waals surface area contributed by atoms with Crippen molar-refractivity contribution in [1.29, 1.82) is 0 Å². The second-order valence-electron chi connectivity index (χ2n) is 17.1. The Labute approximate surface area is 411 Å². The summed E-state index contributed by atoms with van der Waals surface area (Å²) < 4.78 is 66.1. The number of morpholine rings is 1. The molecule has 0 radical (unpaired) electrons. The lowest BCUT2D eigenvalue weighted by Crippen LogP contribution is -2.51. The molecule has 4 aromatic rings. The van der Waals surface area contributed by atoms with Crippen LogP contribution >= 0.6 is 11.6 Å². The Hall–Kier alpha value is -4.06. The zero-order valence-electron chi connectivity index (χ0n) is 40.9. The van der Waals surface area contributed by atoms with Gasteiger partial charge in [0.15, 0.2) is 0 Å². The molecule has 0 spiro atoms. The molecule has 2 aliphatic rings. The molecule has 21 heteroatoms. The van der Waals surface area contributed by atoms with Crippen molar-refractivity contribution in [3.8, 4) is 22.8 Å². The molecule has 1 saturated carbocycles. The fraction of sp³-hybridized carbons (Fsp3) is 0.688. The lowest BCUT2D eigenvalue weighted by atomic mass is 9.89. The van der Waals surface area contributed by atoms with Crippen molar-refractivity contribution in [2.24, 2.45) is 0 Å². The molecular formula is C48H74ClN9O11. The summed E-state index contributed by atoms with van der Waals surface area (Å²) in [6, 6.07) is 6.44. The molecule has 3 aromatic heterocycles. The van der Waals surface area contributed by atoms with Crippen LogP contribution in [0.25, 0.3) is 11.1 Å². The van der Waals surface area contributed by atoms with Crippen molar-refractivity contribution in [2.75, 3.05) is 131 Å². The van der Waals surface area contributed by atoms with Gasteiger partial charge in [0, 0.05) is 57.2 Å². The molecule has 0 amide bonds. The standard InChI is InChI=1S/C48H74ClN9O11/c1-37-31-56(32-38(2)68-37)42-7-9-43(10-8-42)58-34-45(54-48-51-29-41(30-52-48)40-6-11-44(49)46(28-40)69-39(3)33-57-36-50-35-53-57)47(55-58)67-13-5-12-60-16-17-62-20-21-64-24-25-66-27-26-65-23-22-63-19-18-61-15-14-59-4/h6,11,28-30,34-39,42-43H,5,7-10,12-27,31-33H2,1-4H3,(H,51,52,54)/t37-,38+,39-,42?,43?/m0/s1. The van der Waals surface area contributed by atoms with E-state index in [-0.39, 0.29) is 24.4 Å². The first-order valence-corrected chi connectivity index (χ1v) is 24.7. The van der Waals surface area contributed by atoms with Gasteiger partial charge in [-0.1, -0.05) is 17.7 Å². The van der Waals surface area contributed by atoms with E-state index in [1.807, 2.05) is 31.3 Å². The topological polar surface area (TPSA) is 191 Å². The lowest BCUT2D eigenvalue weighted by molar-refractivity contribution is -0.0852. The highest BCUT2D eigenvalue weighted by atomic mass is 35.5. The molecule has 384 valence electrons. The van der Waals surface area contributed by atoms with Gasteiger partial charge in [0.05, 0.1) is 135 Å². The van der Waals surface area contributed by atoms with E-state index >= 15 is 0 Å². The van der Waals surface area contributed by atoms with Crippen LogP contribution in [0.4, 0.5) is 11.6 Å². The van der Waals surface area contributed by atoms with E-state index in [2.05, 4.69) is 48.8 Å². The van der Waals surface area contributed by atoms with Crippen LogP contribution in [0, 0.1) is 0 Å². The molecule has 20 nitrogen and oxygen atoms in total. The second kappa shape index (κ2) is 31.3. The average molecular weight is 989 g/mol. The lowest BCUT2D eigenvalue weighted by Gasteiger charge is -2.42. The normalized spacial score (nSPS) is 19.2. The predicted octanol–water partition coefficient (Wildman–Crippen LogP) is 5.92. The second-order valence-corrected chi connectivity index (χ2v) is 17.5. The van der Waals surface area contributed by atoms with Crippen molar-refractivity contribution in [1.82, 2.24) is 39.4 Å². The number of ether oxygens (including phenoxy) is 11. The van der Waals surface area contributed by atoms with Gasteiger partial charge >= 0.3 is 0 Å². The van der Waals surface area contributed by atoms with Crippen LogP contribution in [-0.2, 0) is 49.2 Å². The number of anilines is 2. The van der Waals surface area contributed by atoms with Crippen molar-refractivity contribution in [2.45, 2.75) is 89.8 Å². The van der Waals surface area contributed by atoms with Gasteiger partial charge in [-0.2, -0.15) is 5.10 Å². The molecule has 1 aromatic carbocycles. The molecule has 2 fully saturated rings. The molecule has 0 bridgehead atoms. The first-order valence-electron chi connectivity index (χ1n) is 24.4. The number of benzene rings is 1. The number of halogens is 1. The highest BCUT2D eigenvalue weighted by molar-refractivity contribution is 6.32. The SMILES string of the molecule is COCCOCCOCCOCCOCCOCCOCCOCCCOc1nn(C2CCC(N3C[C@@H](C)O[C@@H](C)C3)CC2)cc1Nc1ncc(-c2ccc(Cl)c(O[C@@H](C)Cn3cncn3)c2)cn1. The fourth-order valence-electron chi connectivity index (χ4n) is 8.13. The van der Waals surface area contributed by atoms with E-state index in [1.54, 1.807) is 30.5 Å². The summed E-state index contributed by atoms with van der Waals surface area (Å²) >= 11 is 6.53. The first-order chi connectivity index (χ1) is 33.8. The quantitative estimate of drug-likeness (QED) is 0.0534. The number of hydrogen-bond acceptors (Lipinski definition) is 18. The number of nitrogens with one attached hydrogen (secondary N) is 1. The third-order valence-corrected chi connectivity index (χ3v) is 11.8. The Morgan fingerprint density at radius 3 is 1.86 bits per heavy atom. The third kappa shape index (κ3) is 19.9. The third-order valence-electron chi connectivity index (χ3n) is 11.4. The molecule has 4 heterocycles. The molecule has 69 heavy (non-hydrogen) atoms. The van der Waals surface area contributed by atoms with Crippen LogP contribution < -0.4 is 14.8 Å². The molecule has 1 aliphatic heterocycles. The largest absolute Gasteiger partial charge is 0.487 e. The van der Waals surface area contributed by atoms with Crippen LogP contribution in [0.3, 0.4) is 0 Å². The van der Waals surface area contributed by atoms with E-state index < -0.39 is 0 Å². The van der Waals surface area contributed by atoms with E-state index in [4.69, 9.17) is 68.8 Å². The fourth-order valence-corrected chi connectivity index (χ4v) is 8.29. The Morgan fingerprint density at radius 1 is 0.725 bits per heavy atom. The van der Waals surface area contributed by atoms with Gasteiger partial charge in [0.2, 0.25) is 5.95 Å². The van der Waals surface area contributed by atoms with E-state index in [1.165, 1.54) is 6.33 Å². The highest BCUT2D eigenvalue weighted by Gasteiger charge is 2.32. The minimum atomic E-state index is -0.188. The number of aromatic nitrogens is 7. The highest BCUT2D eigenvalue weighted by Crippen LogP contribution is 2.36. The molecule has 6 rings (SSSR count). The summed E-state index contributed by atoms with van der Waals surface area (Å²) in [7, 11) is 1.65. The Kier molecular flexibility index (Phi) is 24.6. The minimum Gasteiger partial charge on any atom is -0.487 e. The van der Waals surface area contributed by atoms with E-state index in [9.17, 15) is 0 Å². The van der Waals surface area contributed by atoms with Crippen LogP contribution in [0.5, 0.6) is 11.6 Å². The maximum Gasteiger partial charge on any atom is 0.256 e. The molecule has 1 saturated heterocycles. The number of nitrogens with zero attached hydrogens (tertiary/aromatic N) is 8. The van der Waals surface area contributed by atoms with Gasteiger partial charge in [-0.25, -0.2) is 19.6 Å². The number of hydrogen-bond donors (Lipinski definition) is 1. The van der Waals surface area contributed by atoms with Crippen LogP contribution in [0.15, 0.2) is 49.4 Å². The van der Waals surface area contributed by atoms with Crippen molar-refractivity contribution >= 4 is 23.2 Å².